The molecule has 1 unspecified atom stereocenters. The van der Waals surface area contributed by atoms with Crippen LogP contribution < -0.4 is 0 Å². The second-order valence-electron chi connectivity index (χ2n) is 4.17. The maximum atomic E-state index is 12.1. The van der Waals surface area contributed by atoms with E-state index >= 15 is 0 Å². The van der Waals surface area contributed by atoms with Crippen molar-refractivity contribution < 1.29 is 4.79 Å². The summed E-state index contributed by atoms with van der Waals surface area (Å²) in [4.78, 5) is 18.5. The Bertz CT molecular complexity index is 377. The van der Waals surface area contributed by atoms with E-state index in [9.17, 15) is 4.79 Å². The van der Waals surface area contributed by atoms with Gasteiger partial charge >= 0.3 is 0 Å². The first-order valence-electron chi connectivity index (χ1n) is 5.45. The second-order valence-corrected chi connectivity index (χ2v) is 5.32. The van der Waals surface area contributed by atoms with Gasteiger partial charge in [0.1, 0.15) is 5.82 Å². The van der Waals surface area contributed by atoms with Gasteiger partial charge in [0.05, 0.1) is 12.5 Å². The van der Waals surface area contributed by atoms with E-state index in [1.54, 1.807) is 6.20 Å². The Balaban J connectivity index is 2.00. The lowest BCUT2D eigenvalue weighted by atomic mass is 10.1. The van der Waals surface area contributed by atoms with Gasteiger partial charge in [0.15, 0.2) is 5.78 Å². The Hall–Kier alpha value is -0.810. The van der Waals surface area contributed by atoms with Crippen LogP contribution in [0.25, 0.3) is 0 Å². The average Bonchev–Trinajstić information content (AvgIpc) is 2.65. The Labute approximate surface area is 100 Å². The first-order valence-corrected chi connectivity index (χ1v) is 6.61. The zero-order valence-electron chi connectivity index (χ0n) is 9.72. The van der Waals surface area contributed by atoms with E-state index in [4.69, 9.17) is 0 Å². The zero-order chi connectivity index (χ0) is 11.5. The topological polar surface area (TPSA) is 38.1 Å². The summed E-state index contributed by atoms with van der Waals surface area (Å²) in [5, 5.41) is 0. The number of hydrogen-bond acceptors (Lipinski definition) is 4. The average molecular weight is 239 g/mol. The number of aromatic nitrogens is 2. The lowest BCUT2D eigenvalue weighted by molar-refractivity contribution is -0.122. The number of hydrogen-bond donors (Lipinski definition) is 0. The minimum absolute atomic E-state index is 0.0652. The van der Waals surface area contributed by atoms with Gasteiger partial charge in [-0.2, -0.15) is 11.8 Å². The van der Waals surface area contributed by atoms with Crippen molar-refractivity contribution in [2.45, 2.75) is 12.5 Å². The Morgan fingerprint density at radius 2 is 2.44 bits per heavy atom. The van der Waals surface area contributed by atoms with Crippen molar-refractivity contribution in [1.82, 2.24) is 14.5 Å². The standard InChI is InChI=1S/C11H17N3OS/c1-13-5-6-16-8-9(13)10(15)7-11-12-3-4-14(11)2/h3-4,9H,5-8H2,1-2H3. The molecule has 0 saturated carbocycles. The molecule has 4 nitrogen and oxygen atoms in total. The van der Waals surface area contributed by atoms with Crippen molar-refractivity contribution >= 4 is 17.5 Å². The molecule has 2 rings (SSSR count). The van der Waals surface area contributed by atoms with Crippen LogP contribution in [-0.2, 0) is 18.3 Å². The highest BCUT2D eigenvalue weighted by atomic mass is 32.2. The first-order chi connectivity index (χ1) is 7.68. The second kappa shape index (κ2) is 5.01. The number of aryl methyl sites for hydroxylation is 1. The van der Waals surface area contributed by atoms with Crippen molar-refractivity contribution in [1.29, 1.82) is 0 Å². The van der Waals surface area contributed by atoms with Crippen LogP contribution in [0.3, 0.4) is 0 Å². The number of carbonyl (C=O) groups is 1. The van der Waals surface area contributed by atoms with Crippen LogP contribution in [-0.4, -0.2) is 51.4 Å². The highest BCUT2D eigenvalue weighted by molar-refractivity contribution is 7.99. The van der Waals surface area contributed by atoms with Crippen LogP contribution in [0, 0.1) is 0 Å². The number of rotatable bonds is 3. The summed E-state index contributed by atoms with van der Waals surface area (Å²) in [7, 11) is 3.95. The summed E-state index contributed by atoms with van der Waals surface area (Å²) in [6, 6.07) is 0.0652. The Kier molecular flexibility index (Phi) is 3.66. The molecule has 1 fully saturated rings. The molecular formula is C11H17N3OS. The quantitative estimate of drug-likeness (QED) is 0.773. The molecule has 1 atom stereocenters. The van der Waals surface area contributed by atoms with Crippen molar-refractivity contribution in [3.8, 4) is 0 Å². The van der Waals surface area contributed by atoms with Crippen LogP contribution in [0.1, 0.15) is 5.82 Å². The monoisotopic (exact) mass is 239 g/mol. The van der Waals surface area contributed by atoms with Gasteiger partial charge in [-0.3, -0.25) is 9.69 Å². The number of ketones is 1. The molecule has 2 heterocycles. The minimum Gasteiger partial charge on any atom is -0.338 e. The van der Waals surface area contributed by atoms with E-state index in [1.807, 2.05) is 36.6 Å². The molecule has 0 amide bonds. The van der Waals surface area contributed by atoms with Gasteiger partial charge < -0.3 is 4.57 Å². The molecule has 0 bridgehead atoms. The van der Waals surface area contributed by atoms with Crippen molar-refractivity contribution in [2.75, 3.05) is 25.1 Å². The maximum Gasteiger partial charge on any atom is 0.158 e. The summed E-state index contributed by atoms with van der Waals surface area (Å²) in [5.41, 5.74) is 0. The number of Topliss-reactive ketones (excluding diaryl/α,β-unsaturated/α-hetero) is 1. The van der Waals surface area contributed by atoms with E-state index in [2.05, 4.69) is 9.88 Å². The third kappa shape index (κ3) is 2.47. The molecule has 0 N–H and O–H groups in total. The van der Waals surface area contributed by atoms with Gasteiger partial charge in [-0.05, 0) is 7.05 Å². The number of likely N-dealkylation sites (N-methyl/N-ethyl adjacent to an activating group) is 1. The van der Waals surface area contributed by atoms with Crippen molar-refractivity contribution in [3.05, 3.63) is 18.2 Å². The van der Waals surface area contributed by atoms with Gasteiger partial charge in [0.25, 0.3) is 0 Å². The van der Waals surface area contributed by atoms with Gasteiger partial charge in [-0.1, -0.05) is 0 Å². The molecule has 88 valence electrons. The number of thioether (sulfide) groups is 1. The molecule has 1 aliphatic rings. The first kappa shape index (κ1) is 11.7. The van der Waals surface area contributed by atoms with E-state index < -0.39 is 0 Å². The molecule has 0 radical (unpaired) electrons. The lowest BCUT2D eigenvalue weighted by Gasteiger charge is -2.30. The fourth-order valence-corrected chi connectivity index (χ4v) is 3.11. The van der Waals surface area contributed by atoms with E-state index in [1.165, 1.54) is 0 Å². The number of carbonyl (C=O) groups excluding carboxylic acids is 1. The van der Waals surface area contributed by atoms with Crippen LogP contribution in [0.5, 0.6) is 0 Å². The minimum atomic E-state index is 0.0652. The van der Waals surface area contributed by atoms with Gasteiger partial charge in [0.2, 0.25) is 0 Å². The molecule has 1 aliphatic heterocycles. The third-order valence-corrected chi connectivity index (χ3v) is 4.04. The van der Waals surface area contributed by atoms with Gasteiger partial charge in [-0.15, -0.1) is 0 Å². The van der Waals surface area contributed by atoms with Crippen LogP contribution in [0.4, 0.5) is 0 Å². The summed E-state index contributed by atoms with van der Waals surface area (Å²) < 4.78 is 1.91. The summed E-state index contributed by atoms with van der Waals surface area (Å²) in [6.07, 6.45) is 4.06. The molecule has 1 saturated heterocycles. The SMILES string of the molecule is CN1CCSCC1C(=O)Cc1nccn1C. The molecule has 0 aromatic carbocycles. The zero-order valence-corrected chi connectivity index (χ0v) is 10.5. The van der Waals surface area contributed by atoms with Crippen LogP contribution >= 0.6 is 11.8 Å². The maximum absolute atomic E-state index is 12.1. The molecular weight excluding hydrogens is 222 g/mol. The predicted octanol–water partition coefficient (Wildman–Crippen LogP) is 0.579. The highest BCUT2D eigenvalue weighted by Crippen LogP contribution is 2.16. The molecule has 0 spiro atoms. The largest absolute Gasteiger partial charge is 0.338 e. The summed E-state index contributed by atoms with van der Waals surface area (Å²) in [5.74, 6) is 3.18. The smallest absolute Gasteiger partial charge is 0.158 e. The summed E-state index contributed by atoms with van der Waals surface area (Å²) in [6.45, 7) is 1.00. The van der Waals surface area contributed by atoms with Crippen LogP contribution in [0.15, 0.2) is 12.4 Å². The van der Waals surface area contributed by atoms with Crippen molar-refractivity contribution in [2.24, 2.45) is 7.05 Å². The Morgan fingerprint density at radius 1 is 1.62 bits per heavy atom. The van der Waals surface area contributed by atoms with Gasteiger partial charge in [-0.25, -0.2) is 4.98 Å². The molecule has 5 heteroatoms. The van der Waals surface area contributed by atoms with E-state index in [-0.39, 0.29) is 11.8 Å². The molecule has 1 aromatic heterocycles. The molecule has 16 heavy (non-hydrogen) atoms. The fourth-order valence-electron chi connectivity index (χ4n) is 1.87. The normalized spacial score (nSPS) is 22.2. The summed E-state index contributed by atoms with van der Waals surface area (Å²) >= 11 is 1.86. The fraction of sp³-hybridized carbons (Fsp3) is 0.636. The predicted molar refractivity (Wildman–Crippen MR) is 65.7 cm³/mol. The van der Waals surface area contributed by atoms with Gasteiger partial charge in [0, 0.05) is 37.5 Å². The van der Waals surface area contributed by atoms with E-state index in [0.29, 0.717) is 6.42 Å². The number of nitrogens with zero attached hydrogens (tertiary/aromatic N) is 3. The third-order valence-electron chi connectivity index (χ3n) is 3.02. The lowest BCUT2D eigenvalue weighted by Crippen LogP contribution is -2.45. The highest BCUT2D eigenvalue weighted by Gasteiger charge is 2.26. The molecule has 0 aliphatic carbocycles. The van der Waals surface area contributed by atoms with Crippen LogP contribution in [0.2, 0.25) is 0 Å². The van der Waals surface area contributed by atoms with E-state index in [0.717, 1.165) is 23.9 Å². The van der Waals surface area contributed by atoms with Crippen molar-refractivity contribution in [3.63, 3.8) is 0 Å². The molecule has 1 aromatic rings. The Morgan fingerprint density at radius 3 is 3.06 bits per heavy atom. The number of imidazole rings is 1.